The predicted octanol–water partition coefficient (Wildman–Crippen LogP) is 2.19. The second-order valence-corrected chi connectivity index (χ2v) is 4.63. The first-order valence-electron chi connectivity index (χ1n) is 5.28. The molecule has 0 saturated carbocycles. The van der Waals surface area contributed by atoms with Crippen LogP contribution in [0, 0.1) is 11.8 Å². The summed E-state index contributed by atoms with van der Waals surface area (Å²) in [6.45, 7) is 9.67. The predicted molar refractivity (Wildman–Crippen MR) is 58.8 cm³/mol. The molecule has 0 aliphatic carbocycles. The average molecular weight is 195 g/mol. The second-order valence-electron chi connectivity index (χ2n) is 4.63. The summed E-state index contributed by atoms with van der Waals surface area (Å²) in [6, 6.07) is 0.0937. The molecule has 0 bridgehead atoms. The Hall–Kier alpha value is -0.830. The van der Waals surface area contributed by atoms with Gasteiger partial charge in [0, 0.05) is 18.8 Å². The van der Waals surface area contributed by atoms with Crippen molar-refractivity contribution < 1.29 is 0 Å². The molecule has 1 rings (SSSR count). The van der Waals surface area contributed by atoms with Gasteiger partial charge in [-0.2, -0.15) is 0 Å². The second kappa shape index (κ2) is 4.60. The van der Waals surface area contributed by atoms with Gasteiger partial charge < -0.3 is 10.3 Å². The Balaban J connectivity index is 2.81. The van der Waals surface area contributed by atoms with Crippen LogP contribution < -0.4 is 5.73 Å². The van der Waals surface area contributed by atoms with Crippen LogP contribution in [0.15, 0.2) is 12.5 Å². The van der Waals surface area contributed by atoms with Crippen LogP contribution in [-0.2, 0) is 6.54 Å². The number of imidazole rings is 1. The van der Waals surface area contributed by atoms with E-state index >= 15 is 0 Å². The topological polar surface area (TPSA) is 43.8 Å². The van der Waals surface area contributed by atoms with Crippen LogP contribution in [0.4, 0.5) is 0 Å². The van der Waals surface area contributed by atoms with E-state index in [2.05, 4.69) is 37.2 Å². The fourth-order valence-electron chi connectivity index (χ4n) is 1.50. The lowest BCUT2D eigenvalue weighted by molar-refractivity contribution is 0.448. The highest BCUT2D eigenvalue weighted by Gasteiger charge is 2.15. The Morgan fingerprint density at radius 1 is 1.36 bits per heavy atom. The first-order chi connectivity index (χ1) is 6.52. The van der Waals surface area contributed by atoms with Gasteiger partial charge in [-0.05, 0) is 11.8 Å². The Kier molecular flexibility index (Phi) is 3.69. The minimum Gasteiger partial charge on any atom is -0.333 e. The molecule has 0 aromatic carbocycles. The van der Waals surface area contributed by atoms with E-state index in [1.165, 1.54) is 0 Å². The summed E-state index contributed by atoms with van der Waals surface area (Å²) < 4.78 is 2.16. The van der Waals surface area contributed by atoms with E-state index < -0.39 is 0 Å². The number of aromatic nitrogens is 2. The molecule has 0 aliphatic heterocycles. The van der Waals surface area contributed by atoms with Crippen molar-refractivity contribution in [2.24, 2.45) is 17.6 Å². The lowest BCUT2D eigenvalue weighted by atomic mass is 10.0. The van der Waals surface area contributed by atoms with E-state index in [9.17, 15) is 0 Å². The third-order valence-corrected chi connectivity index (χ3v) is 2.37. The summed E-state index contributed by atoms with van der Waals surface area (Å²) in [7, 11) is 0. The van der Waals surface area contributed by atoms with Crippen molar-refractivity contribution >= 4 is 0 Å². The number of hydrogen-bond donors (Lipinski definition) is 1. The largest absolute Gasteiger partial charge is 0.333 e. The highest BCUT2D eigenvalue weighted by Crippen LogP contribution is 2.19. The lowest BCUT2D eigenvalue weighted by Crippen LogP contribution is -2.21. The average Bonchev–Trinajstić information content (AvgIpc) is 2.49. The van der Waals surface area contributed by atoms with E-state index in [-0.39, 0.29) is 6.04 Å². The van der Waals surface area contributed by atoms with Crippen LogP contribution in [-0.4, -0.2) is 9.55 Å². The van der Waals surface area contributed by atoms with Crippen LogP contribution in [0.3, 0.4) is 0 Å². The van der Waals surface area contributed by atoms with E-state index in [0.29, 0.717) is 11.8 Å². The monoisotopic (exact) mass is 195 g/mol. The van der Waals surface area contributed by atoms with Gasteiger partial charge in [0.2, 0.25) is 0 Å². The number of rotatable bonds is 4. The van der Waals surface area contributed by atoms with Crippen molar-refractivity contribution in [1.82, 2.24) is 9.55 Å². The Bertz CT molecular complexity index is 276. The van der Waals surface area contributed by atoms with Crippen molar-refractivity contribution in [3.05, 3.63) is 18.2 Å². The third kappa shape index (κ3) is 2.58. The molecule has 2 N–H and O–H groups in total. The molecule has 1 atom stereocenters. The number of nitrogens with zero attached hydrogens (tertiary/aromatic N) is 2. The first-order valence-corrected chi connectivity index (χ1v) is 5.28. The molecule has 14 heavy (non-hydrogen) atoms. The quantitative estimate of drug-likeness (QED) is 0.800. The third-order valence-electron chi connectivity index (χ3n) is 2.37. The maximum atomic E-state index is 6.10. The fraction of sp³-hybridized carbons (Fsp3) is 0.727. The maximum absolute atomic E-state index is 6.10. The van der Waals surface area contributed by atoms with Crippen LogP contribution >= 0.6 is 0 Å². The molecule has 1 aromatic rings. The molecule has 3 nitrogen and oxygen atoms in total. The standard InChI is InChI=1S/C11H21N3/c1-8(2)6-14-7-13-5-10(14)11(12)9(3)4/h5,7-9,11H,6,12H2,1-4H3. The van der Waals surface area contributed by atoms with E-state index in [1.54, 1.807) is 0 Å². The van der Waals surface area contributed by atoms with Crippen LogP contribution in [0.1, 0.15) is 39.4 Å². The molecule has 80 valence electrons. The zero-order valence-electron chi connectivity index (χ0n) is 9.57. The molecular weight excluding hydrogens is 174 g/mol. The van der Waals surface area contributed by atoms with Crippen LogP contribution in [0.2, 0.25) is 0 Å². The number of nitrogens with two attached hydrogens (primary N) is 1. The lowest BCUT2D eigenvalue weighted by Gasteiger charge is -2.18. The molecule has 0 aliphatic rings. The highest BCUT2D eigenvalue weighted by atomic mass is 15.1. The van der Waals surface area contributed by atoms with Gasteiger partial charge in [-0.25, -0.2) is 4.98 Å². The summed E-state index contributed by atoms with van der Waals surface area (Å²) in [4.78, 5) is 4.16. The van der Waals surface area contributed by atoms with Crippen molar-refractivity contribution in [3.8, 4) is 0 Å². The van der Waals surface area contributed by atoms with Crippen LogP contribution in [0.25, 0.3) is 0 Å². The van der Waals surface area contributed by atoms with Crippen molar-refractivity contribution in [1.29, 1.82) is 0 Å². The van der Waals surface area contributed by atoms with Crippen molar-refractivity contribution in [2.45, 2.75) is 40.3 Å². The van der Waals surface area contributed by atoms with Gasteiger partial charge >= 0.3 is 0 Å². The summed E-state index contributed by atoms with van der Waals surface area (Å²) in [6.07, 6.45) is 3.75. The summed E-state index contributed by atoms with van der Waals surface area (Å²) in [5, 5.41) is 0. The smallest absolute Gasteiger partial charge is 0.0948 e. The van der Waals surface area contributed by atoms with Gasteiger partial charge in [0.05, 0.1) is 12.0 Å². The van der Waals surface area contributed by atoms with Crippen molar-refractivity contribution in [2.75, 3.05) is 0 Å². The zero-order valence-corrected chi connectivity index (χ0v) is 9.57. The Morgan fingerprint density at radius 3 is 2.50 bits per heavy atom. The maximum Gasteiger partial charge on any atom is 0.0948 e. The summed E-state index contributed by atoms with van der Waals surface area (Å²) >= 11 is 0. The van der Waals surface area contributed by atoms with Gasteiger partial charge in [0.1, 0.15) is 0 Å². The van der Waals surface area contributed by atoms with Crippen LogP contribution in [0.5, 0.6) is 0 Å². The normalized spacial score (nSPS) is 13.9. The zero-order chi connectivity index (χ0) is 10.7. The molecule has 0 saturated heterocycles. The molecule has 3 heteroatoms. The molecule has 1 unspecified atom stereocenters. The molecule has 0 spiro atoms. The van der Waals surface area contributed by atoms with E-state index in [0.717, 1.165) is 12.2 Å². The number of hydrogen-bond acceptors (Lipinski definition) is 2. The Morgan fingerprint density at radius 2 is 2.00 bits per heavy atom. The van der Waals surface area contributed by atoms with Gasteiger partial charge in [-0.1, -0.05) is 27.7 Å². The highest BCUT2D eigenvalue weighted by molar-refractivity contribution is 5.05. The molecular formula is C11H21N3. The molecule has 0 fully saturated rings. The SMILES string of the molecule is CC(C)Cn1cncc1C(N)C(C)C. The molecule has 1 heterocycles. The minimum absolute atomic E-state index is 0.0937. The van der Waals surface area contributed by atoms with E-state index in [4.69, 9.17) is 5.73 Å². The summed E-state index contributed by atoms with van der Waals surface area (Å²) in [5.74, 6) is 1.08. The van der Waals surface area contributed by atoms with Gasteiger partial charge in [-0.15, -0.1) is 0 Å². The fourth-order valence-corrected chi connectivity index (χ4v) is 1.50. The Labute approximate surface area is 86.3 Å². The molecule has 0 radical (unpaired) electrons. The molecule has 1 aromatic heterocycles. The van der Waals surface area contributed by atoms with Crippen molar-refractivity contribution in [3.63, 3.8) is 0 Å². The minimum atomic E-state index is 0.0937. The molecule has 0 amide bonds. The summed E-state index contributed by atoms with van der Waals surface area (Å²) in [5.41, 5.74) is 7.24. The van der Waals surface area contributed by atoms with Gasteiger partial charge in [0.25, 0.3) is 0 Å². The first kappa shape index (κ1) is 11.2. The van der Waals surface area contributed by atoms with Gasteiger partial charge in [0.15, 0.2) is 0 Å². The van der Waals surface area contributed by atoms with Gasteiger partial charge in [-0.3, -0.25) is 0 Å². The van der Waals surface area contributed by atoms with E-state index in [1.807, 2.05) is 12.5 Å².